The Morgan fingerprint density at radius 1 is 1.69 bits per heavy atom. The Morgan fingerprint density at radius 2 is 2.31 bits per heavy atom. The summed E-state index contributed by atoms with van der Waals surface area (Å²) in [6.07, 6.45) is -2.17. The van der Waals surface area contributed by atoms with Gasteiger partial charge in [-0.25, -0.2) is 13.8 Å². The maximum atomic E-state index is 12.7. The van der Waals surface area contributed by atoms with Gasteiger partial charge in [0.25, 0.3) is 6.43 Å². The molecule has 0 fully saturated rings. The molecule has 0 bridgehead atoms. The van der Waals surface area contributed by atoms with Crippen molar-refractivity contribution < 1.29 is 23.4 Å². The van der Waals surface area contributed by atoms with E-state index in [2.05, 4.69) is 9.72 Å². The van der Waals surface area contributed by atoms with Crippen LogP contribution in [0.2, 0.25) is 0 Å². The van der Waals surface area contributed by atoms with Gasteiger partial charge in [0.15, 0.2) is 0 Å². The summed E-state index contributed by atoms with van der Waals surface area (Å²) in [5, 5.41) is 9.40. The second kappa shape index (κ2) is 5.37. The minimum atomic E-state index is -2.80. The van der Waals surface area contributed by atoms with Gasteiger partial charge in [-0.05, 0) is 22.6 Å². The molecular formula is C9H8F2INO3. The second-order valence-electron chi connectivity index (χ2n) is 2.88. The number of hydrogen-bond acceptors (Lipinski definition) is 4. The van der Waals surface area contributed by atoms with Crippen molar-refractivity contribution in [2.45, 2.75) is 12.8 Å². The third kappa shape index (κ3) is 2.77. The number of pyridine rings is 1. The third-order valence-corrected chi connectivity index (χ3v) is 2.78. The zero-order valence-corrected chi connectivity index (χ0v) is 10.4. The molecule has 1 aromatic heterocycles. The van der Waals surface area contributed by atoms with E-state index in [1.54, 1.807) is 22.6 Å². The summed E-state index contributed by atoms with van der Waals surface area (Å²) < 4.78 is 29.9. The van der Waals surface area contributed by atoms with Crippen molar-refractivity contribution in [2.75, 3.05) is 7.11 Å². The highest BCUT2D eigenvalue weighted by Crippen LogP contribution is 2.32. The van der Waals surface area contributed by atoms with E-state index in [1.807, 2.05) is 0 Å². The monoisotopic (exact) mass is 343 g/mol. The minimum Gasteiger partial charge on any atom is -0.506 e. The maximum absolute atomic E-state index is 12.7. The quantitative estimate of drug-likeness (QED) is 0.519. The van der Waals surface area contributed by atoms with E-state index >= 15 is 0 Å². The zero-order chi connectivity index (χ0) is 12.3. The van der Waals surface area contributed by atoms with Gasteiger partial charge in [0, 0.05) is 5.56 Å². The number of aromatic hydroxyl groups is 1. The molecule has 16 heavy (non-hydrogen) atoms. The molecule has 0 saturated heterocycles. The van der Waals surface area contributed by atoms with Crippen LogP contribution in [0.25, 0.3) is 0 Å². The van der Waals surface area contributed by atoms with Crippen LogP contribution in [0.15, 0.2) is 6.20 Å². The summed E-state index contributed by atoms with van der Waals surface area (Å²) >= 11 is 1.62. The molecule has 0 spiro atoms. The standard InChI is InChI=1S/C9H8F2INO3/c1-16-6(15)2-4-5(14)3-13-9(12)7(4)8(10)11/h3,8,14H,2H2,1H3. The number of ether oxygens (including phenoxy) is 1. The first-order chi connectivity index (χ1) is 7.47. The molecule has 0 unspecified atom stereocenters. The van der Waals surface area contributed by atoms with Crippen molar-refractivity contribution >= 4 is 28.6 Å². The molecule has 0 aliphatic carbocycles. The lowest BCUT2D eigenvalue weighted by atomic mass is 10.1. The molecule has 0 amide bonds. The lowest BCUT2D eigenvalue weighted by Crippen LogP contribution is -2.09. The molecule has 7 heteroatoms. The van der Waals surface area contributed by atoms with Crippen LogP contribution in [-0.4, -0.2) is 23.2 Å². The van der Waals surface area contributed by atoms with E-state index in [-0.39, 0.29) is 9.26 Å². The Labute approximate surface area is 104 Å². The Morgan fingerprint density at radius 3 is 2.81 bits per heavy atom. The molecule has 1 aromatic rings. The van der Waals surface area contributed by atoms with Crippen molar-refractivity contribution in [3.05, 3.63) is 21.0 Å². The molecule has 0 aliphatic heterocycles. The number of hydrogen-bond donors (Lipinski definition) is 1. The first kappa shape index (κ1) is 13.1. The van der Waals surface area contributed by atoms with Crippen molar-refractivity contribution in [1.82, 2.24) is 4.98 Å². The van der Waals surface area contributed by atoms with Gasteiger partial charge >= 0.3 is 5.97 Å². The van der Waals surface area contributed by atoms with Crippen LogP contribution >= 0.6 is 22.6 Å². The predicted molar refractivity (Wildman–Crippen MR) is 59.3 cm³/mol. The topological polar surface area (TPSA) is 59.4 Å². The number of alkyl halides is 2. The largest absolute Gasteiger partial charge is 0.506 e. The number of nitrogens with zero attached hydrogens (tertiary/aromatic N) is 1. The first-order valence-corrected chi connectivity index (χ1v) is 5.26. The highest BCUT2D eigenvalue weighted by atomic mass is 127. The Kier molecular flexibility index (Phi) is 4.39. The lowest BCUT2D eigenvalue weighted by Gasteiger charge is -2.11. The normalized spacial score (nSPS) is 10.6. The van der Waals surface area contributed by atoms with Crippen molar-refractivity contribution in [3.63, 3.8) is 0 Å². The fraction of sp³-hybridized carbons (Fsp3) is 0.333. The number of esters is 1. The van der Waals surface area contributed by atoms with Crippen LogP contribution in [0.4, 0.5) is 8.78 Å². The molecule has 1 N–H and O–H groups in total. The van der Waals surface area contributed by atoms with E-state index in [9.17, 15) is 18.7 Å². The van der Waals surface area contributed by atoms with Gasteiger partial charge in [-0.2, -0.15) is 0 Å². The predicted octanol–water partition coefficient (Wildman–Crippen LogP) is 2.04. The summed E-state index contributed by atoms with van der Waals surface area (Å²) in [5.41, 5.74) is -0.563. The molecule has 1 heterocycles. The summed E-state index contributed by atoms with van der Waals surface area (Å²) in [6.45, 7) is 0. The Balaban J connectivity index is 3.23. The zero-order valence-electron chi connectivity index (χ0n) is 8.21. The SMILES string of the molecule is COC(=O)Cc1c(O)cnc(I)c1C(F)F. The smallest absolute Gasteiger partial charge is 0.310 e. The van der Waals surface area contributed by atoms with Gasteiger partial charge < -0.3 is 9.84 Å². The van der Waals surface area contributed by atoms with Crippen molar-refractivity contribution in [2.24, 2.45) is 0 Å². The Bertz CT molecular complexity index is 412. The van der Waals surface area contributed by atoms with Crippen LogP contribution in [0, 0.1) is 3.70 Å². The van der Waals surface area contributed by atoms with Crippen LogP contribution < -0.4 is 0 Å². The van der Waals surface area contributed by atoms with Crippen molar-refractivity contribution in [1.29, 1.82) is 0 Å². The van der Waals surface area contributed by atoms with Crippen LogP contribution in [0.5, 0.6) is 5.75 Å². The highest BCUT2D eigenvalue weighted by Gasteiger charge is 2.23. The molecule has 0 aromatic carbocycles. The maximum Gasteiger partial charge on any atom is 0.310 e. The number of carbonyl (C=O) groups excluding carboxylic acids is 1. The molecule has 4 nitrogen and oxygen atoms in total. The first-order valence-electron chi connectivity index (χ1n) is 4.18. The van der Waals surface area contributed by atoms with Crippen LogP contribution in [-0.2, 0) is 16.0 Å². The molecule has 0 aliphatic rings. The molecule has 0 saturated carbocycles. The van der Waals surface area contributed by atoms with Crippen LogP contribution in [0.1, 0.15) is 17.6 Å². The summed E-state index contributed by atoms with van der Waals surface area (Å²) in [6, 6.07) is 0. The van der Waals surface area contributed by atoms with E-state index in [0.717, 1.165) is 13.3 Å². The van der Waals surface area contributed by atoms with Gasteiger partial charge in [0.1, 0.15) is 9.45 Å². The number of halogens is 3. The molecule has 0 radical (unpaired) electrons. The summed E-state index contributed by atoms with van der Waals surface area (Å²) in [4.78, 5) is 14.6. The lowest BCUT2D eigenvalue weighted by molar-refractivity contribution is -0.139. The Hall–Kier alpha value is -0.990. The van der Waals surface area contributed by atoms with E-state index < -0.39 is 30.1 Å². The molecule has 0 atom stereocenters. The van der Waals surface area contributed by atoms with Gasteiger partial charge in [0.2, 0.25) is 0 Å². The van der Waals surface area contributed by atoms with Gasteiger partial charge in [0.05, 0.1) is 25.3 Å². The number of methoxy groups -OCH3 is 1. The van der Waals surface area contributed by atoms with Crippen LogP contribution in [0.3, 0.4) is 0 Å². The summed E-state index contributed by atoms with van der Waals surface area (Å²) in [7, 11) is 1.15. The summed E-state index contributed by atoms with van der Waals surface area (Å²) in [5.74, 6) is -1.12. The van der Waals surface area contributed by atoms with Gasteiger partial charge in [-0.1, -0.05) is 0 Å². The fourth-order valence-corrected chi connectivity index (χ4v) is 1.85. The number of carbonyl (C=O) groups is 1. The van der Waals surface area contributed by atoms with Gasteiger partial charge in [-0.15, -0.1) is 0 Å². The van der Waals surface area contributed by atoms with E-state index in [4.69, 9.17) is 0 Å². The molecular weight excluding hydrogens is 335 g/mol. The average Bonchev–Trinajstić information content (AvgIpc) is 2.22. The van der Waals surface area contributed by atoms with E-state index in [0.29, 0.717) is 0 Å². The third-order valence-electron chi connectivity index (χ3n) is 1.92. The number of aromatic nitrogens is 1. The molecule has 1 rings (SSSR count). The van der Waals surface area contributed by atoms with Gasteiger partial charge in [-0.3, -0.25) is 4.79 Å². The minimum absolute atomic E-state index is 0.0595. The molecule has 88 valence electrons. The van der Waals surface area contributed by atoms with Crippen molar-refractivity contribution in [3.8, 4) is 5.75 Å². The number of rotatable bonds is 3. The second-order valence-corrected chi connectivity index (χ2v) is 3.90. The van der Waals surface area contributed by atoms with E-state index in [1.165, 1.54) is 0 Å². The fourth-order valence-electron chi connectivity index (χ4n) is 1.15. The highest BCUT2D eigenvalue weighted by molar-refractivity contribution is 14.1. The average molecular weight is 343 g/mol.